The zero-order valence-electron chi connectivity index (χ0n) is 17.5. The van der Waals surface area contributed by atoms with Crippen molar-refractivity contribution < 1.29 is 17.6 Å². The number of hydrogen-bond donors (Lipinski definition) is 0. The molecule has 0 radical (unpaired) electrons. The molecule has 5 rings (SSSR count). The summed E-state index contributed by atoms with van der Waals surface area (Å²) in [5.74, 6) is -0.505. The minimum absolute atomic E-state index is 0.0130. The van der Waals surface area contributed by atoms with Crippen molar-refractivity contribution in [3.8, 4) is 0 Å². The number of benzene rings is 2. The molecule has 164 valence electrons. The molecule has 2 unspecified atom stereocenters. The van der Waals surface area contributed by atoms with Gasteiger partial charge in [-0.15, -0.1) is 0 Å². The van der Waals surface area contributed by atoms with Crippen LogP contribution in [-0.2, 0) is 27.7 Å². The van der Waals surface area contributed by atoms with Crippen LogP contribution in [0.3, 0.4) is 0 Å². The average Bonchev–Trinajstić information content (AvgIpc) is 3.59. The van der Waals surface area contributed by atoms with Crippen molar-refractivity contribution in [2.75, 3.05) is 26.2 Å². The number of aryl methyl sites for hydroxylation is 2. The van der Waals surface area contributed by atoms with Crippen LogP contribution in [0.4, 0.5) is 4.39 Å². The van der Waals surface area contributed by atoms with Gasteiger partial charge in [-0.2, -0.15) is 4.31 Å². The third-order valence-electron chi connectivity index (χ3n) is 6.92. The number of nitrogens with zero attached hydrogens (tertiary/aromatic N) is 2. The van der Waals surface area contributed by atoms with Crippen LogP contribution in [0.15, 0.2) is 47.4 Å². The molecule has 2 fully saturated rings. The van der Waals surface area contributed by atoms with Crippen LogP contribution >= 0.6 is 0 Å². The second-order valence-corrected chi connectivity index (χ2v) is 10.8. The zero-order valence-corrected chi connectivity index (χ0v) is 18.3. The predicted molar refractivity (Wildman–Crippen MR) is 116 cm³/mol. The highest BCUT2D eigenvalue weighted by molar-refractivity contribution is 7.89. The van der Waals surface area contributed by atoms with E-state index in [0.29, 0.717) is 43.1 Å². The molecule has 2 atom stereocenters. The molecule has 7 heteroatoms. The van der Waals surface area contributed by atoms with E-state index in [0.717, 1.165) is 31.2 Å². The number of rotatable bonds is 4. The van der Waals surface area contributed by atoms with Gasteiger partial charge in [0, 0.05) is 32.1 Å². The van der Waals surface area contributed by atoms with Gasteiger partial charge >= 0.3 is 0 Å². The van der Waals surface area contributed by atoms with Crippen LogP contribution in [-0.4, -0.2) is 49.7 Å². The Labute approximate surface area is 182 Å². The van der Waals surface area contributed by atoms with Gasteiger partial charge in [0.2, 0.25) is 15.9 Å². The fourth-order valence-corrected chi connectivity index (χ4v) is 6.46. The normalized spacial score (nSPS) is 24.0. The number of sulfonamides is 1. The van der Waals surface area contributed by atoms with Gasteiger partial charge in [-0.05, 0) is 72.9 Å². The molecule has 2 aromatic carbocycles. The minimum Gasteiger partial charge on any atom is -0.340 e. The molecule has 1 amide bonds. The highest BCUT2D eigenvalue weighted by atomic mass is 32.2. The van der Waals surface area contributed by atoms with Crippen molar-refractivity contribution in [1.82, 2.24) is 9.21 Å². The molecule has 1 heterocycles. The van der Waals surface area contributed by atoms with E-state index in [1.807, 2.05) is 12.1 Å². The molecule has 31 heavy (non-hydrogen) atoms. The molecule has 0 spiro atoms. The Bertz CT molecular complexity index is 1110. The summed E-state index contributed by atoms with van der Waals surface area (Å²) in [7, 11) is -3.56. The van der Waals surface area contributed by atoms with Crippen molar-refractivity contribution in [3.05, 3.63) is 65.0 Å². The Morgan fingerprint density at radius 1 is 0.935 bits per heavy atom. The lowest BCUT2D eigenvalue weighted by molar-refractivity contribution is -0.133. The number of halogens is 1. The molecule has 0 bridgehead atoms. The van der Waals surface area contributed by atoms with Crippen molar-refractivity contribution in [1.29, 1.82) is 0 Å². The summed E-state index contributed by atoms with van der Waals surface area (Å²) in [4.78, 5) is 15.0. The number of fused-ring (bicyclic) bond motifs is 1. The molecule has 0 aromatic heterocycles. The Morgan fingerprint density at radius 3 is 2.39 bits per heavy atom. The second-order valence-electron chi connectivity index (χ2n) is 8.84. The molecular formula is C24H27FN2O3S. The lowest BCUT2D eigenvalue weighted by Crippen LogP contribution is -2.51. The molecule has 2 aliphatic carbocycles. The lowest BCUT2D eigenvalue weighted by atomic mass is 9.92. The summed E-state index contributed by atoms with van der Waals surface area (Å²) in [6.45, 7) is 1.34. The topological polar surface area (TPSA) is 57.7 Å². The molecule has 1 saturated heterocycles. The van der Waals surface area contributed by atoms with Gasteiger partial charge in [0.15, 0.2) is 0 Å². The van der Waals surface area contributed by atoms with E-state index in [-0.39, 0.29) is 23.6 Å². The minimum atomic E-state index is -3.56. The number of carbonyl (C=O) groups excluding carboxylic acids is 1. The Morgan fingerprint density at radius 2 is 1.65 bits per heavy atom. The van der Waals surface area contributed by atoms with Gasteiger partial charge in [0.05, 0.1) is 4.90 Å². The molecule has 1 aliphatic heterocycles. The fourth-order valence-electron chi connectivity index (χ4n) is 4.99. The number of piperazine rings is 1. The first-order valence-electron chi connectivity index (χ1n) is 11.1. The summed E-state index contributed by atoms with van der Waals surface area (Å²) >= 11 is 0. The van der Waals surface area contributed by atoms with Gasteiger partial charge in [0.1, 0.15) is 5.82 Å². The van der Waals surface area contributed by atoms with Gasteiger partial charge in [-0.25, -0.2) is 12.8 Å². The van der Waals surface area contributed by atoms with E-state index in [4.69, 9.17) is 0 Å². The fraction of sp³-hybridized carbons (Fsp3) is 0.458. The highest BCUT2D eigenvalue weighted by Gasteiger charge is 2.47. The Balaban J connectivity index is 1.22. The monoisotopic (exact) mass is 442 g/mol. The number of amides is 1. The summed E-state index contributed by atoms with van der Waals surface area (Å²) in [6, 6.07) is 12.1. The summed E-state index contributed by atoms with van der Waals surface area (Å²) in [6.07, 6.45) is 4.88. The molecule has 2 aromatic rings. The van der Waals surface area contributed by atoms with Gasteiger partial charge in [-0.3, -0.25) is 4.79 Å². The third-order valence-corrected chi connectivity index (χ3v) is 8.82. The molecule has 3 aliphatic rings. The van der Waals surface area contributed by atoms with E-state index in [2.05, 4.69) is 0 Å². The number of carbonyl (C=O) groups is 1. The maximum atomic E-state index is 14.0. The van der Waals surface area contributed by atoms with Crippen LogP contribution in [0.1, 0.15) is 41.9 Å². The quantitative estimate of drug-likeness (QED) is 0.730. The van der Waals surface area contributed by atoms with E-state index in [1.165, 1.54) is 15.9 Å². The van der Waals surface area contributed by atoms with Crippen LogP contribution < -0.4 is 0 Å². The van der Waals surface area contributed by atoms with Crippen LogP contribution in [0.2, 0.25) is 0 Å². The van der Waals surface area contributed by atoms with Crippen molar-refractivity contribution in [3.63, 3.8) is 0 Å². The number of hydrogen-bond acceptors (Lipinski definition) is 3. The van der Waals surface area contributed by atoms with Gasteiger partial charge in [-0.1, -0.05) is 24.3 Å². The van der Waals surface area contributed by atoms with Crippen molar-refractivity contribution in [2.24, 2.45) is 5.92 Å². The van der Waals surface area contributed by atoms with E-state index in [9.17, 15) is 17.6 Å². The average molecular weight is 443 g/mol. The summed E-state index contributed by atoms with van der Waals surface area (Å²) in [5.41, 5.74) is 3.01. The second kappa shape index (κ2) is 8.02. The largest absolute Gasteiger partial charge is 0.340 e. The third kappa shape index (κ3) is 3.89. The zero-order chi connectivity index (χ0) is 21.6. The Hall–Kier alpha value is -2.25. The van der Waals surface area contributed by atoms with Crippen molar-refractivity contribution in [2.45, 2.75) is 42.9 Å². The Kier molecular flexibility index (Phi) is 5.34. The highest BCUT2D eigenvalue weighted by Crippen LogP contribution is 2.49. The van der Waals surface area contributed by atoms with Crippen LogP contribution in [0.5, 0.6) is 0 Å². The first-order chi connectivity index (χ1) is 14.9. The standard InChI is InChI=1S/C24H27FN2O3S/c25-23-8-4-3-7-20(23)21-16-22(21)24(28)26-11-13-27(14-12-26)31(29,30)19-10-9-17-5-1-2-6-18(17)15-19/h3-4,7-10,15,21-22H,1-2,5-6,11-14,16H2. The van der Waals surface area contributed by atoms with Gasteiger partial charge in [0.25, 0.3) is 0 Å². The first kappa shape index (κ1) is 20.6. The van der Waals surface area contributed by atoms with E-state index >= 15 is 0 Å². The van der Waals surface area contributed by atoms with Crippen LogP contribution in [0.25, 0.3) is 0 Å². The lowest BCUT2D eigenvalue weighted by Gasteiger charge is -2.34. The van der Waals surface area contributed by atoms with E-state index in [1.54, 1.807) is 29.2 Å². The summed E-state index contributed by atoms with van der Waals surface area (Å²) in [5, 5.41) is 0. The molecule has 5 nitrogen and oxygen atoms in total. The van der Waals surface area contributed by atoms with Crippen LogP contribution in [0, 0.1) is 11.7 Å². The maximum Gasteiger partial charge on any atom is 0.243 e. The van der Waals surface area contributed by atoms with Gasteiger partial charge < -0.3 is 4.90 Å². The SMILES string of the molecule is O=C(C1CC1c1ccccc1F)N1CCN(S(=O)(=O)c2ccc3c(c2)CCCC3)CC1. The smallest absolute Gasteiger partial charge is 0.243 e. The van der Waals surface area contributed by atoms with Crippen molar-refractivity contribution >= 4 is 15.9 Å². The molecule has 0 N–H and O–H groups in total. The first-order valence-corrected chi connectivity index (χ1v) is 12.5. The maximum absolute atomic E-state index is 14.0. The van der Waals surface area contributed by atoms with E-state index < -0.39 is 10.0 Å². The predicted octanol–water partition coefficient (Wildman–Crippen LogP) is 3.34. The molecular weight excluding hydrogens is 415 g/mol. The summed E-state index contributed by atoms with van der Waals surface area (Å²) < 4.78 is 41.8. The molecule has 1 saturated carbocycles.